The van der Waals surface area contributed by atoms with Gasteiger partial charge in [0.1, 0.15) is 5.75 Å². The van der Waals surface area contributed by atoms with Crippen molar-refractivity contribution in [3.63, 3.8) is 0 Å². The van der Waals surface area contributed by atoms with Crippen LogP contribution in [-0.4, -0.2) is 13.5 Å². The SMILES string of the molecule is NS(=O)(=O)Nc1cc(Cl)ccc1O. The maximum Gasteiger partial charge on any atom is 0.296 e. The maximum atomic E-state index is 10.6. The van der Waals surface area contributed by atoms with Crippen LogP contribution in [0.3, 0.4) is 0 Å². The fraction of sp³-hybridized carbons (Fsp3) is 0. The molecule has 1 rings (SSSR count). The molecular formula is C6H7ClN2O3S. The van der Waals surface area contributed by atoms with Gasteiger partial charge in [-0.1, -0.05) is 11.6 Å². The van der Waals surface area contributed by atoms with Crippen LogP contribution in [0.15, 0.2) is 18.2 Å². The van der Waals surface area contributed by atoms with Crippen LogP contribution in [0, 0.1) is 0 Å². The van der Waals surface area contributed by atoms with Crippen LogP contribution in [0.1, 0.15) is 0 Å². The Kier molecular flexibility index (Phi) is 2.65. The summed E-state index contributed by atoms with van der Waals surface area (Å²) in [6.07, 6.45) is 0. The highest BCUT2D eigenvalue weighted by atomic mass is 35.5. The van der Waals surface area contributed by atoms with Crippen molar-refractivity contribution in [3.8, 4) is 5.75 Å². The number of hydrogen-bond donors (Lipinski definition) is 3. The summed E-state index contributed by atoms with van der Waals surface area (Å²) in [5, 5.41) is 14.1. The molecule has 0 bridgehead atoms. The molecule has 0 heterocycles. The number of nitrogens with one attached hydrogen (secondary N) is 1. The van der Waals surface area contributed by atoms with E-state index in [1.165, 1.54) is 18.2 Å². The lowest BCUT2D eigenvalue weighted by Crippen LogP contribution is -2.21. The second-order valence-electron chi connectivity index (χ2n) is 2.31. The van der Waals surface area contributed by atoms with Crippen LogP contribution in [0.4, 0.5) is 5.69 Å². The minimum atomic E-state index is -3.89. The van der Waals surface area contributed by atoms with Gasteiger partial charge in [0.05, 0.1) is 5.69 Å². The van der Waals surface area contributed by atoms with E-state index < -0.39 is 10.2 Å². The van der Waals surface area contributed by atoms with E-state index in [9.17, 15) is 8.42 Å². The van der Waals surface area contributed by atoms with Crippen molar-refractivity contribution in [2.24, 2.45) is 5.14 Å². The first-order chi connectivity index (χ1) is 5.88. The van der Waals surface area contributed by atoms with Crippen LogP contribution in [0.5, 0.6) is 5.75 Å². The molecule has 13 heavy (non-hydrogen) atoms. The third-order valence-corrected chi connectivity index (χ3v) is 1.95. The Balaban J connectivity index is 3.08. The number of phenolic OH excluding ortho intramolecular Hbond substituents is 1. The molecule has 0 fully saturated rings. The minimum absolute atomic E-state index is 0.0463. The summed E-state index contributed by atoms with van der Waals surface area (Å²) in [7, 11) is -3.89. The molecule has 7 heteroatoms. The summed E-state index contributed by atoms with van der Waals surface area (Å²) in [5.74, 6) is -0.238. The zero-order valence-corrected chi connectivity index (χ0v) is 7.93. The fourth-order valence-corrected chi connectivity index (χ4v) is 1.39. The standard InChI is InChI=1S/C6H7ClN2O3S/c7-4-1-2-6(10)5(3-4)9-13(8,11)12/h1-3,9-10H,(H2,8,11,12). The lowest BCUT2D eigenvalue weighted by Gasteiger charge is -2.05. The quantitative estimate of drug-likeness (QED) is 0.642. The first-order valence-corrected chi connectivity index (χ1v) is 5.10. The zero-order chi connectivity index (χ0) is 10.1. The number of rotatable bonds is 2. The van der Waals surface area contributed by atoms with E-state index in [1.807, 2.05) is 4.72 Å². The predicted molar refractivity (Wildman–Crippen MR) is 49.8 cm³/mol. The highest BCUT2D eigenvalue weighted by Gasteiger charge is 2.07. The van der Waals surface area contributed by atoms with Gasteiger partial charge in [-0.05, 0) is 18.2 Å². The molecule has 0 aromatic heterocycles. The van der Waals surface area contributed by atoms with Gasteiger partial charge in [0, 0.05) is 5.02 Å². The Morgan fingerprint density at radius 3 is 2.62 bits per heavy atom. The van der Waals surface area contributed by atoms with Crippen molar-refractivity contribution in [1.29, 1.82) is 0 Å². The molecule has 0 amide bonds. The van der Waals surface area contributed by atoms with E-state index in [2.05, 4.69) is 0 Å². The number of halogens is 1. The van der Waals surface area contributed by atoms with E-state index in [0.717, 1.165) is 0 Å². The second-order valence-corrected chi connectivity index (χ2v) is 4.04. The van der Waals surface area contributed by atoms with Crippen LogP contribution < -0.4 is 9.86 Å². The van der Waals surface area contributed by atoms with Gasteiger partial charge in [0.2, 0.25) is 0 Å². The molecule has 0 atom stereocenters. The van der Waals surface area contributed by atoms with Crippen molar-refractivity contribution in [3.05, 3.63) is 23.2 Å². The summed E-state index contributed by atoms with van der Waals surface area (Å²) in [5.41, 5.74) is -0.0463. The van der Waals surface area contributed by atoms with Crippen molar-refractivity contribution >= 4 is 27.5 Å². The van der Waals surface area contributed by atoms with Crippen molar-refractivity contribution < 1.29 is 13.5 Å². The number of aromatic hydroxyl groups is 1. The Morgan fingerprint density at radius 1 is 1.46 bits per heavy atom. The summed E-state index contributed by atoms with van der Waals surface area (Å²) >= 11 is 5.56. The Morgan fingerprint density at radius 2 is 2.08 bits per heavy atom. The molecule has 0 radical (unpaired) electrons. The Labute approximate surface area is 80.3 Å². The normalized spacial score (nSPS) is 11.2. The van der Waals surface area contributed by atoms with Gasteiger partial charge in [0.15, 0.2) is 0 Å². The summed E-state index contributed by atoms with van der Waals surface area (Å²) in [6, 6.07) is 3.93. The first kappa shape index (κ1) is 10.1. The zero-order valence-electron chi connectivity index (χ0n) is 6.36. The molecule has 72 valence electrons. The van der Waals surface area contributed by atoms with Crippen LogP contribution >= 0.6 is 11.6 Å². The van der Waals surface area contributed by atoms with Crippen LogP contribution in [-0.2, 0) is 10.2 Å². The number of phenols is 1. The fourth-order valence-electron chi connectivity index (χ4n) is 0.743. The van der Waals surface area contributed by atoms with Crippen LogP contribution in [0.25, 0.3) is 0 Å². The summed E-state index contributed by atoms with van der Waals surface area (Å²) in [6.45, 7) is 0. The van der Waals surface area contributed by atoms with E-state index in [0.29, 0.717) is 5.02 Å². The molecule has 0 aliphatic carbocycles. The van der Waals surface area contributed by atoms with Crippen molar-refractivity contribution in [1.82, 2.24) is 0 Å². The highest BCUT2D eigenvalue weighted by molar-refractivity contribution is 7.90. The summed E-state index contributed by atoms with van der Waals surface area (Å²) in [4.78, 5) is 0. The van der Waals surface area contributed by atoms with Gasteiger partial charge in [-0.2, -0.15) is 8.42 Å². The molecule has 5 nitrogen and oxygen atoms in total. The Hall–Kier alpha value is -0.980. The topological polar surface area (TPSA) is 92.4 Å². The van der Waals surface area contributed by atoms with Crippen molar-refractivity contribution in [2.75, 3.05) is 4.72 Å². The molecule has 1 aromatic rings. The predicted octanol–water partition coefficient (Wildman–Crippen LogP) is 0.661. The van der Waals surface area contributed by atoms with E-state index >= 15 is 0 Å². The molecule has 0 aliphatic heterocycles. The van der Waals surface area contributed by atoms with E-state index in [4.69, 9.17) is 21.8 Å². The maximum absolute atomic E-state index is 10.6. The summed E-state index contributed by atoms with van der Waals surface area (Å²) < 4.78 is 23.1. The first-order valence-electron chi connectivity index (χ1n) is 3.17. The van der Waals surface area contributed by atoms with E-state index in [1.54, 1.807) is 0 Å². The van der Waals surface area contributed by atoms with Gasteiger partial charge in [-0.25, -0.2) is 5.14 Å². The average molecular weight is 223 g/mol. The molecule has 0 aliphatic rings. The lowest BCUT2D eigenvalue weighted by atomic mass is 10.3. The highest BCUT2D eigenvalue weighted by Crippen LogP contribution is 2.26. The molecule has 0 unspecified atom stereocenters. The second kappa shape index (κ2) is 3.41. The van der Waals surface area contributed by atoms with Gasteiger partial charge < -0.3 is 5.11 Å². The van der Waals surface area contributed by atoms with Gasteiger partial charge in [-0.15, -0.1) is 0 Å². The largest absolute Gasteiger partial charge is 0.506 e. The number of benzene rings is 1. The average Bonchev–Trinajstić information content (AvgIpc) is 1.94. The minimum Gasteiger partial charge on any atom is -0.506 e. The molecule has 0 saturated heterocycles. The van der Waals surface area contributed by atoms with Gasteiger partial charge in [-0.3, -0.25) is 4.72 Å². The van der Waals surface area contributed by atoms with Gasteiger partial charge in [0.25, 0.3) is 10.2 Å². The monoisotopic (exact) mass is 222 g/mol. The smallest absolute Gasteiger partial charge is 0.296 e. The number of anilines is 1. The van der Waals surface area contributed by atoms with Crippen LogP contribution in [0.2, 0.25) is 5.02 Å². The Bertz CT molecular complexity index is 418. The third kappa shape index (κ3) is 3.10. The molecular weight excluding hydrogens is 216 g/mol. The van der Waals surface area contributed by atoms with Crippen molar-refractivity contribution in [2.45, 2.75) is 0 Å². The van der Waals surface area contributed by atoms with Gasteiger partial charge >= 0.3 is 0 Å². The number of hydrogen-bond acceptors (Lipinski definition) is 3. The molecule has 0 saturated carbocycles. The molecule has 1 aromatic carbocycles. The number of nitrogens with two attached hydrogens (primary N) is 1. The lowest BCUT2D eigenvalue weighted by molar-refractivity contribution is 0.477. The van der Waals surface area contributed by atoms with E-state index in [-0.39, 0.29) is 11.4 Å². The molecule has 0 spiro atoms. The third-order valence-electron chi connectivity index (χ3n) is 1.21. The molecule has 4 N–H and O–H groups in total.